The molecule has 4 nitrogen and oxygen atoms in total. The Morgan fingerprint density at radius 3 is 2.50 bits per heavy atom. The Morgan fingerprint density at radius 2 is 1.85 bits per heavy atom. The van der Waals surface area contributed by atoms with Crippen LogP contribution in [0.2, 0.25) is 0 Å². The SMILES string of the molecule is N#Cc1ccnnc1NCC1C2CC3CC(C2)CC1C3. The van der Waals surface area contributed by atoms with E-state index < -0.39 is 0 Å². The van der Waals surface area contributed by atoms with E-state index in [9.17, 15) is 0 Å². The molecule has 20 heavy (non-hydrogen) atoms. The van der Waals surface area contributed by atoms with Crippen molar-refractivity contribution in [2.75, 3.05) is 11.9 Å². The van der Waals surface area contributed by atoms with Gasteiger partial charge in [0.25, 0.3) is 0 Å². The third-order valence-electron chi connectivity index (χ3n) is 5.77. The lowest BCUT2D eigenvalue weighted by Crippen LogP contribution is -2.47. The Morgan fingerprint density at radius 1 is 1.15 bits per heavy atom. The fraction of sp³-hybridized carbons (Fsp3) is 0.688. The highest BCUT2D eigenvalue weighted by atomic mass is 15.2. The number of anilines is 1. The van der Waals surface area contributed by atoms with Gasteiger partial charge in [-0.15, -0.1) is 5.10 Å². The number of nitriles is 1. The number of rotatable bonds is 3. The molecule has 4 fully saturated rings. The summed E-state index contributed by atoms with van der Waals surface area (Å²) in [5.74, 6) is 5.27. The number of hydrogen-bond acceptors (Lipinski definition) is 4. The first kappa shape index (κ1) is 12.1. The van der Waals surface area contributed by atoms with Crippen LogP contribution < -0.4 is 5.32 Å². The minimum atomic E-state index is 0.601. The van der Waals surface area contributed by atoms with Crippen LogP contribution in [-0.2, 0) is 0 Å². The molecule has 4 aliphatic rings. The molecule has 1 N–H and O–H groups in total. The minimum Gasteiger partial charge on any atom is -0.367 e. The van der Waals surface area contributed by atoms with Gasteiger partial charge in [-0.1, -0.05) is 0 Å². The van der Waals surface area contributed by atoms with E-state index in [1.807, 2.05) is 0 Å². The summed E-state index contributed by atoms with van der Waals surface area (Å²) < 4.78 is 0. The van der Waals surface area contributed by atoms with E-state index in [1.54, 1.807) is 12.3 Å². The first-order chi connectivity index (χ1) is 9.83. The predicted octanol–water partition coefficient (Wildman–Crippen LogP) is 2.83. The summed E-state index contributed by atoms with van der Waals surface area (Å²) in [4.78, 5) is 0. The van der Waals surface area contributed by atoms with Crippen molar-refractivity contribution in [3.63, 3.8) is 0 Å². The molecule has 0 saturated heterocycles. The van der Waals surface area contributed by atoms with Crippen molar-refractivity contribution in [2.24, 2.45) is 29.6 Å². The van der Waals surface area contributed by atoms with Gasteiger partial charge in [0, 0.05) is 6.54 Å². The van der Waals surface area contributed by atoms with Gasteiger partial charge >= 0.3 is 0 Å². The van der Waals surface area contributed by atoms with E-state index in [4.69, 9.17) is 5.26 Å². The number of nitrogens with one attached hydrogen (secondary N) is 1. The zero-order valence-electron chi connectivity index (χ0n) is 11.6. The molecular formula is C16H20N4. The Hall–Kier alpha value is -1.63. The van der Waals surface area contributed by atoms with Gasteiger partial charge in [-0.3, -0.25) is 0 Å². The Balaban J connectivity index is 1.46. The Kier molecular flexibility index (Phi) is 2.87. The molecule has 1 aromatic rings. The maximum atomic E-state index is 9.10. The summed E-state index contributed by atoms with van der Waals surface area (Å²) in [6.45, 7) is 0.960. The average Bonchev–Trinajstić information content (AvgIpc) is 2.46. The van der Waals surface area contributed by atoms with Crippen molar-refractivity contribution in [1.29, 1.82) is 5.26 Å². The van der Waals surface area contributed by atoms with Crippen molar-refractivity contribution in [3.8, 4) is 6.07 Å². The van der Waals surface area contributed by atoms with E-state index in [1.165, 1.54) is 32.1 Å². The molecule has 0 radical (unpaired) electrons. The second kappa shape index (κ2) is 4.73. The van der Waals surface area contributed by atoms with Gasteiger partial charge in [0.1, 0.15) is 6.07 Å². The molecule has 4 bridgehead atoms. The molecule has 1 heterocycles. The summed E-state index contributed by atoms with van der Waals surface area (Å²) in [7, 11) is 0. The monoisotopic (exact) mass is 268 g/mol. The Labute approximate surface area is 119 Å². The number of hydrogen-bond donors (Lipinski definition) is 1. The third kappa shape index (κ3) is 1.96. The maximum Gasteiger partial charge on any atom is 0.166 e. The van der Waals surface area contributed by atoms with Gasteiger partial charge in [0.15, 0.2) is 5.82 Å². The van der Waals surface area contributed by atoms with E-state index in [0.29, 0.717) is 11.4 Å². The molecule has 0 amide bonds. The van der Waals surface area contributed by atoms with Crippen LogP contribution in [-0.4, -0.2) is 16.7 Å². The van der Waals surface area contributed by atoms with Crippen LogP contribution in [0.15, 0.2) is 12.3 Å². The first-order valence-corrected chi connectivity index (χ1v) is 7.79. The lowest BCUT2D eigenvalue weighted by molar-refractivity contribution is -0.0305. The molecular weight excluding hydrogens is 248 g/mol. The van der Waals surface area contributed by atoms with Crippen molar-refractivity contribution >= 4 is 5.82 Å². The normalized spacial score (nSPS) is 37.6. The minimum absolute atomic E-state index is 0.601. The second-order valence-corrected chi connectivity index (χ2v) is 6.88. The number of aromatic nitrogens is 2. The molecule has 4 saturated carbocycles. The summed E-state index contributed by atoms with van der Waals surface area (Å²) in [5.41, 5.74) is 0.601. The predicted molar refractivity (Wildman–Crippen MR) is 75.8 cm³/mol. The summed E-state index contributed by atoms with van der Waals surface area (Å²) >= 11 is 0. The molecule has 4 heteroatoms. The van der Waals surface area contributed by atoms with Gasteiger partial charge in [-0.05, 0) is 67.8 Å². The standard InChI is InChI=1S/C16H20N4/c17-8-12-1-2-19-20-16(12)18-9-15-13-4-10-3-11(6-13)7-14(15)5-10/h1-2,10-11,13-15H,3-7,9H2,(H,18,20). The van der Waals surface area contributed by atoms with Crippen molar-refractivity contribution in [1.82, 2.24) is 10.2 Å². The molecule has 0 aliphatic heterocycles. The fourth-order valence-corrected chi connectivity index (χ4v) is 5.14. The van der Waals surface area contributed by atoms with Gasteiger partial charge in [0.2, 0.25) is 0 Å². The van der Waals surface area contributed by atoms with Crippen LogP contribution in [0.5, 0.6) is 0 Å². The first-order valence-electron chi connectivity index (χ1n) is 7.79. The van der Waals surface area contributed by atoms with E-state index in [2.05, 4.69) is 21.6 Å². The largest absolute Gasteiger partial charge is 0.367 e. The van der Waals surface area contributed by atoms with Crippen molar-refractivity contribution in [3.05, 3.63) is 17.8 Å². The van der Waals surface area contributed by atoms with Crippen molar-refractivity contribution in [2.45, 2.75) is 32.1 Å². The Bertz CT molecular complexity index is 520. The molecule has 0 aromatic carbocycles. The average molecular weight is 268 g/mol. The lowest BCUT2D eigenvalue weighted by Gasteiger charge is -2.54. The summed E-state index contributed by atoms with van der Waals surface area (Å²) in [6.07, 6.45) is 8.81. The fourth-order valence-electron chi connectivity index (χ4n) is 5.14. The van der Waals surface area contributed by atoms with E-state index >= 15 is 0 Å². The van der Waals surface area contributed by atoms with Crippen LogP contribution in [0.1, 0.15) is 37.7 Å². The molecule has 0 spiro atoms. The highest BCUT2D eigenvalue weighted by Crippen LogP contribution is 2.56. The summed E-state index contributed by atoms with van der Waals surface area (Å²) in [6, 6.07) is 3.91. The lowest BCUT2D eigenvalue weighted by atomic mass is 9.52. The van der Waals surface area contributed by atoms with E-state index in [0.717, 1.165) is 36.1 Å². The van der Waals surface area contributed by atoms with Crippen molar-refractivity contribution < 1.29 is 0 Å². The molecule has 4 aliphatic carbocycles. The molecule has 0 atom stereocenters. The smallest absolute Gasteiger partial charge is 0.166 e. The summed E-state index contributed by atoms with van der Waals surface area (Å²) in [5, 5.41) is 20.4. The van der Waals surface area contributed by atoms with Crippen LogP contribution >= 0.6 is 0 Å². The maximum absolute atomic E-state index is 9.10. The third-order valence-corrected chi connectivity index (χ3v) is 5.77. The molecule has 5 rings (SSSR count). The van der Waals surface area contributed by atoms with Gasteiger partial charge in [-0.2, -0.15) is 10.4 Å². The second-order valence-electron chi connectivity index (χ2n) is 6.88. The van der Waals surface area contributed by atoms with Gasteiger partial charge in [-0.25, -0.2) is 0 Å². The van der Waals surface area contributed by atoms with Gasteiger partial charge < -0.3 is 5.32 Å². The van der Waals surface area contributed by atoms with Gasteiger partial charge in [0.05, 0.1) is 11.8 Å². The quantitative estimate of drug-likeness (QED) is 0.915. The molecule has 104 valence electrons. The number of nitrogens with zero attached hydrogens (tertiary/aromatic N) is 3. The topological polar surface area (TPSA) is 61.6 Å². The van der Waals surface area contributed by atoms with Crippen LogP contribution in [0.3, 0.4) is 0 Å². The van der Waals surface area contributed by atoms with Crippen LogP contribution in [0, 0.1) is 40.9 Å². The highest BCUT2D eigenvalue weighted by molar-refractivity contribution is 5.50. The highest BCUT2D eigenvalue weighted by Gasteiger charge is 2.47. The van der Waals surface area contributed by atoms with E-state index in [-0.39, 0.29) is 0 Å². The van der Waals surface area contributed by atoms with Crippen LogP contribution in [0.25, 0.3) is 0 Å². The molecule has 0 unspecified atom stereocenters. The molecule has 1 aromatic heterocycles. The van der Waals surface area contributed by atoms with Crippen LogP contribution in [0.4, 0.5) is 5.82 Å². The zero-order valence-corrected chi connectivity index (χ0v) is 11.6. The zero-order chi connectivity index (χ0) is 13.5.